The Bertz CT molecular complexity index is 608. The molecular formula is C16H24FN3O4. The molecule has 1 amide bonds. The van der Waals surface area contributed by atoms with E-state index < -0.39 is 16.3 Å². The van der Waals surface area contributed by atoms with Gasteiger partial charge in [-0.1, -0.05) is 7.43 Å². The second-order valence-electron chi connectivity index (χ2n) is 6.35. The number of piperazine rings is 1. The Kier molecular flexibility index (Phi) is 6.11. The third-order valence-corrected chi connectivity index (χ3v) is 3.41. The first-order valence-corrected chi connectivity index (χ1v) is 7.34. The molecule has 7 nitrogen and oxygen atoms in total. The summed E-state index contributed by atoms with van der Waals surface area (Å²) in [5.74, 6) is -0.634. The van der Waals surface area contributed by atoms with Crippen molar-refractivity contribution in [2.45, 2.75) is 33.8 Å². The molecule has 1 aromatic carbocycles. The lowest BCUT2D eigenvalue weighted by Gasteiger charge is -2.36. The largest absolute Gasteiger partial charge is 0.444 e. The van der Waals surface area contributed by atoms with E-state index in [2.05, 4.69) is 0 Å². The highest BCUT2D eigenvalue weighted by Gasteiger charge is 2.27. The van der Waals surface area contributed by atoms with Crippen molar-refractivity contribution in [1.29, 1.82) is 0 Å². The SMILES string of the molecule is C.CC(C)(C)OC(=O)N1CCN(c2ccc([N+](=O)[O-])cc2F)CC1. The Balaban J connectivity index is 0.00000288. The van der Waals surface area contributed by atoms with Crippen molar-refractivity contribution < 1.29 is 18.8 Å². The fraction of sp³-hybridized carbons (Fsp3) is 0.562. The summed E-state index contributed by atoms with van der Waals surface area (Å²) < 4.78 is 19.3. The average Bonchev–Trinajstić information content (AvgIpc) is 2.45. The van der Waals surface area contributed by atoms with Crippen LogP contribution in [0.15, 0.2) is 18.2 Å². The van der Waals surface area contributed by atoms with Crippen molar-refractivity contribution in [1.82, 2.24) is 4.90 Å². The zero-order valence-corrected chi connectivity index (χ0v) is 13.4. The molecule has 1 aliphatic rings. The zero-order chi connectivity index (χ0) is 17.2. The van der Waals surface area contributed by atoms with E-state index in [1.165, 1.54) is 12.1 Å². The number of ether oxygens (including phenoxy) is 1. The first-order valence-electron chi connectivity index (χ1n) is 7.34. The van der Waals surface area contributed by atoms with Crippen LogP contribution in [0.3, 0.4) is 0 Å². The standard InChI is InChI=1S/C15H20FN3O4.CH4/c1-15(2,3)23-14(20)18-8-6-17(7-9-18)13-5-4-11(19(21)22)10-12(13)16;/h4-5,10H,6-9H2,1-3H3;1H4. The highest BCUT2D eigenvalue weighted by Crippen LogP contribution is 2.25. The minimum absolute atomic E-state index is 0. The molecule has 1 aromatic rings. The number of carbonyl (C=O) groups excluding carboxylic acids is 1. The third kappa shape index (κ3) is 4.81. The number of nitrogens with zero attached hydrogens (tertiary/aromatic N) is 3. The molecule has 0 unspecified atom stereocenters. The van der Waals surface area contributed by atoms with E-state index in [1.54, 1.807) is 30.6 Å². The predicted octanol–water partition coefficient (Wildman–Crippen LogP) is 3.43. The van der Waals surface area contributed by atoms with Crippen LogP contribution in [0, 0.1) is 15.9 Å². The van der Waals surface area contributed by atoms with E-state index in [0.29, 0.717) is 31.9 Å². The first kappa shape index (κ1) is 19.7. The number of nitro benzene ring substituents is 1. The predicted molar refractivity (Wildman–Crippen MR) is 89.8 cm³/mol. The molecule has 2 rings (SSSR count). The van der Waals surface area contributed by atoms with Crippen molar-refractivity contribution >= 4 is 17.5 Å². The zero-order valence-electron chi connectivity index (χ0n) is 13.4. The smallest absolute Gasteiger partial charge is 0.410 e. The van der Waals surface area contributed by atoms with E-state index >= 15 is 0 Å². The number of carbonyl (C=O) groups is 1. The van der Waals surface area contributed by atoms with Crippen molar-refractivity contribution in [3.8, 4) is 0 Å². The van der Waals surface area contributed by atoms with Crippen molar-refractivity contribution in [2.24, 2.45) is 0 Å². The molecule has 0 atom stereocenters. The van der Waals surface area contributed by atoms with Crippen LogP contribution < -0.4 is 4.90 Å². The van der Waals surface area contributed by atoms with Crippen molar-refractivity contribution in [2.75, 3.05) is 31.1 Å². The van der Waals surface area contributed by atoms with Crippen LogP contribution in [0.2, 0.25) is 0 Å². The van der Waals surface area contributed by atoms with Crippen LogP contribution in [0.25, 0.3) is 0 Å². The Morgan fingerprint density at radius 3 is 2.29 bits per heavy atom. The number of rotatable bonds is 2. The molecule has 0 radical (unpaired) electrons. The second-order valence-corrected chi connectivity index (χ2v) is 6.35. The van der Waals surface area contributed by atoms with E-state index in [9.17, 15) is 19.3 Å². The lowest BCUT2D eigenvalue weighted by molar-refractivity contribution is -0.385. The molecule has 0 spiro atoms. The first-order chi connectivity index (χ1) is 10.7. The van der Waals surface area contributed by atoms with Gasteiger partial charge in [-0.2, -0.15) is 0 Å². The molecule has 1 aliphatic heterocycles. The Labute approximate surface area is 141 Å². The second kappa shape index (κ2) is 7.46. The Hall–Kier alpha value is -2.38. The summed E-state index contributed by atoms with van der Waals surface area (Å²) in [5.41, 5.74) is -0.531. The third-order valence-electron chi connectivity index (χ3n) is 3.41. The highest BCUT2D eigenvalue weighted by molar-refractivity contribution is 5.68. The van der Waals surface area contributed by atoms with Gasteiger partial charge in [-0.3, -0.25) is 10.1 Å². The maximum absolute atomic E-state index is 14.0. The summed E-state index contributed by atoms with van der Waals surface area (Å²) >= 11 is 0. The van der Waals surface area contributed by atoms with E-state index in [4.69, 9.17) is 4.74 Å². The summed E-state index contributed by atoms with van der Waals surface area (Å²) in [6.07, 6.45) is -0.388. The maximum atomic E-state index is 14.0. The van der Waals surface area contributed by atoms with Gasteiger partial charge < -0.3 is 14.5 Å². The minimum atomic E-state index is -0.634. The van der Waals surface area contributed by atoms with Crippen LogP contribution in [-0.2, 0) is 4.74 Å². The lowest BCUT2D eigenvalue weighted by Crippen LogP contribution is -2.50. The molecular weight excluding hydrogens is 317 g/mol. The van der Waals surface area contributed by atoms with E-state index in [1.807, 2.05) is 0 Å². The van der Waals surface area contributed by atoms with Gasteiger partial charge in [0.2, 0.25) is 0 Å². The van der Waals surface area contributed by atoms with Gasteiger partial charge in [0.15, 0.2) is 5.82 Å². The minimum Gasteiger partial charge on any atom is -0.444 e. The molecule has 134 valence electrons. The van der Waals surface area contributed by atoms with Crippen LogP contribution in [0.5, 0.6) is 0 Å². The molecule has 8 heteroatoms. The van der Waals surface area contributed by atoms with Gasteiger partial charge in [0.1, 0.15) is 5.60 Å². The van der Waals surface area contributed by atoms with Gasteiger partial charge in [-0.15, -0.1) is 0 Å². The van der Waals surface area contributed by atoms with Crippen molar-refractivity contribution in [3.05, 3.63) is 34.1 Å². The summed E-state index contributed by atoms with van der Waals surface area (Å²) in [6, 6.07) is 3.59. The number of halogens is 1. The normalized spacial score (nSPS) is 14.8. The van der Waals surface area contributed by atoms with Gasteiger partial charge in [-0.25, -0.2) is 9.18 Å². The Morgan fingerprint density at radius 1 is 1.25 bits per heavy atom. The molecule has 1 fully saturated rings. The van der Waals surface area contributed by atoms with Crippen LogP contribution >= 0.6 is 0 Å². The van der Waals surface area contributed by atoms with Gasteiger partial charge in [0.05, 0.1) is 16.7 Å². The quantitative estimate of drug-likeness (QED) is 0.608. The van der Waals surface area contributed by atoms with Gasteiger partial charge in [-0.05, 0) is 26.8 Å². The van der Waals surface area contributed by atoms with Crippen molar-refractivity contribution in [3.63, 3.8) is 0 Å². The number of anilines is 1. The lowest BCUT2D eigenvalue weighted by atomic mass is 10.2. The fourth-order valence-corrected chi connectivity index (χ4v) is 2.32. The average molecular weight is 341 g/mol. The fourth-order valence-electron chi connectivity index (χ4n) is 2.32. The van der Waals surface area contributed by atoms with E-state index in [-0.39, 0.29) is 19.2 Å². The topological polar surface area (TPSA) is 75.9 Å². The van der Waals surface area contributed by atoms with Crippen LogP contribution in [-0.4, -0.2) is 47.7 Å². The van der Waals surface area contributed by atoms with Crippen LogP contribution in [0.4, 0.5) is 20.6 Å². The molecule has 0 N–H and O–H groups in total. The molecule has 1 saturated heterocycles. The van der Waals surface area contributed by atoms with Gasteiger partial charge in [0.25, 0.3) is 5.69 Å². The maximum Gasteiger partial charge on any atom is 0.410 e. The number of benzene rings is 1. The molecule has 0 bridgehead atoms. The monoisotopic (exact) mass is 341 g/mol. The molecule has 1 heterocycles. The number of hydrogen-bond acceptors (Lipinski definition) is 5. The number of amides is 1. The summed E-state index contributed by atoms with van der Waals surface area (Å²) in [4.78, 5) is 25.3. The van der Waals surface area contributed by atoms with Gasteiger partial charge in [0, 0.05) is 32.2 Å². The summed E-state index contributed by atoms with van der Waals surface area (Å²) in [7, 11) is 0. The van der Waals surface area contributed by atoms with E-state index in [0.717, 1.165) is 6.07 Å². The van der Waals surface area contributed by atoms with Gasteiger partial charge >= 0.3 is 6.09 Å². The molecule has 24 heavy (non-hydrogen) atoms. The number of hydrogen-bond donors (Lipinski definition) is 0. The molecule has 0 aliphatic carbocycles. The summed E-state index contributed by atoms with van der Waals surface area (Å²) in [5, 5.41) is 10.6. The molecule has 0 saturated carbocycles. The number of non-ortho nitro benzene ring substituents is 1. The van der Waals surface area contributed by atoms with Crippen LogP contribution in [0.1, 0.15) is 28.2 Å². The summed E-state index contributed by atoms with van der Waals surface area (Å²) in [6.45, 7) is 7.09. The number of nitro groups is 1. The Morgan fingerprint density at radius 2 is 1.83 bits per heavy atom. The molecule has 0 aromatic heterocycles. The highest BCUT2D eigenvalue weighted by atomic mass is 19.1.